The fourth-order valence-electron chi connectivity index (χ4n) is 2.65. The maximum absolute atomic E-state index is 14.1. The monoisotopic (exact) mass is 323 g/mol. The Hall–Kier alpha value is -2.95. The van der Waals surface area contributed by atoms with Crippen molar-refractivity contribution in [2.24, 2.45) is 7.05 Å². The van der Waals surface area contributed by atoms with E-state index in [4.69, 9.17) is 0 Å². The minimum atomic E-state index is -0.641. The number of amides is 1. The van der Waals surface area contributed by atoms with Crippen LogP contribution in [0.1, 0.15) is 21.6 Å². The number of nitrogens with one attached hydrogen (secondary N) is 1. The molecule has 4 nitrogen and oxygen atoms in total. The van der Waals surface area contributed by atoms with E-state index in [1.165, 1.54) is 7.05 Å². The predicted molar refractivity (Wildman–Crippen MR) is 92.5 cm³/mol. The van der Waals surface area contributed by atoms with Crippen molar-refractivity contribution in [3.05, 3.63) is 71.3 Å². The molecule has 0 fully saturated rings. The lowest BCUT2D eigenvalue weighted by Gasteiger charge is -2.11. The van der Waals surface area contributed by atoms with Gasteiger partial charge >= 0.3 is 0 Å². The molecule has 0 radical (unpaired) electrons. The van der Waals surface area contributed by atoms with Gasteiger partial charge in [-0.15, -0.1) is 0 Å². The zero-order valence-corrected chi connectivity index (χ0v) is 13.8. The van der Waals surface area contributed by atoms with Gasteiger partial charge in [-0.3, -0.25) is 4.79 Å². The summed E-state index contributed by atoms with van der Waals surface area (Å²) in [5.74, 6) is -1.14. The van der Waals surface area contributed by atoms with E-state index in [2.05, 4.69) is 10.4 Å². The molecule has 0 spiro atoms. The highest BCUT2D eigenvalue weighted by atomic mass is 19.1. The molecule has 0 bridgehead atoms. The van der Waals surface area contributed by atoms with Crippen molar-refractivity contribution in [1.29, 1.82) is 0 Å². The van der Waals surface area contributed by atoms with Crippen LogP contribution in [0.15, 0.2) is 48.5 Å². The quantitative estimate of drug-likeness (QED) is 0.789. The fourth-order valence-corrected chi connectivity index (χ4v) is 2.65. The van der Waals surface area contributed by atoms with Crippen molar-refractivity contribution in [3.63, 3.8) is 0 Å². The summed E-state index contributed by atoms with van der Waals surface area (Å²) in [6.07, 6.45) is 0. The lowest BCUT2D eigenvalue weighted by Crippen LogP contribution is -2.15. The minimum Gasteiger partial charge on any atom is -0.321 e. The van der Waals surface area contributed by atoms with Gasteiger partial charge in [0, 0.05) is 18.3 Å². The average Bonchev–Trinajstić information content (AvgIpc) is 2.81. The zero-order valence-electron chi connectivity index (χ0n) is 13.8. The Morgan fingerprint density at radius 1 is 1.08 bits per heavy atom. The third-order valence-corrected chi connectivity index (χ3v) is 3.92. The van der Waals surface area contributed by atoms with E-state index in [-0.39, 0.29) is 5.56 Å². The van der Waals surface area contributed by atoms with Crippen LogP contribution in [-0.2, 0) is 7.05 Å². The maximum Gasteiger partial charge on any atom is 0.262 e. The topological polar surface area (TPSA) is 46.9 Å². The van der Waals surface area contributed by atoms with Gasteiger partial charge in [-0.05, 0) is 25.5 Å². The number of aromatic nitrogens is 2. The number of halogens is 1. The first-order valence-corrected chi connectivity index (χ1v) is 7.64. The van der Waals surface area contributed by atoms with Crippen LogP contribution in [0, 0.1) is 19.8 Å². The van der Waals surface area contributed by atoms with Crippen molar-refractivity contribution in [2.75, 3.05) is 5.32 Å². The lowest BCUT2D eigenvalue weighted by molar-refractivity contribution is 0.102. The SMILES string of the molecule is Cc1ccc(-c2ccccc2NC(=O)c2c(C)nn(C)c2F)cc1. The van der Waals surface area contributed by atoms with Crippen molar-refractivity contribution in [1.82, 2.24) is 9.78 Å². The summed E-state index contributed by atoms with van der Waals surface area (Å²) >= 11 is 0. The van der Waals surface area contributed by atoms with Crippen molar-refractivity contribution in [2.45, 2.75) is 13.8 Å². The second kappa shape index (κ2) is 6.28. The summed E-state index contributed by atoms with van der Waals surface area (Å²) in [6.45, 7) is 3.63. The van der Waals surface area contributed by atoms with Gasteiger partial charge in [0.25, 0.3) is 5.91 Å². The molecular weight excluding hydrogens is 305 g/mol. The predicted octanol–water partition coefficient (Wildman–Crippen LogP) is 4.10. The Labute approximate surface area is 139 Å². The van der Waals surface area contributed by atoms with Gasteiger partial charge in [-0.2, -0.15) is 9.49 Å². The van der Waals surface area contributed by atoms with Gasteiger partial charge in [0.05, 0.1) is 5.69 Å². The number of nitrogens with zero attached hydrogens (tertiary/aromatic N) is 2. The van der Waals surface area contributed by atoms with Crippen LogP contribution in [0.5, 0.6) is 0 Å². The molecule has 1 amide bonds. The summed E-state index contributed by atoms with van der Waals surface area (Å²) in [5.41, 5.74) is 3.99. The normalized spacial score (nSPS) is 10.7. The number of hydrogen-bond donors (Lipinski definition) is 1. The Kier molecular flexibility index (Phi) is 4.16. The van der Waals surface area contributed by atoms with Crippen LogP contribution in [0.25, 0.3) is 11.1 Å². The van der Waals surface area contributed by atoms with Gasteiger partial charge in [0.1, 0.15) is 5.56 Å². The van der Waals surface area contributed by atoms with E-state index >= 15 is 0 Å². The smallest absolute Gasteiger partial charge is 0.262 e. The van der Waals surface area contributed by atoms with Crippen LogP contribution < -0.4 is 5.32 Å². The first-order valence-electron chi connectivity index (χ1n) is 7.64. The third kappa shape index (κ3) is 2.93. The third-order valence-electron chi connectivity index (χ3n) is 3.92. The number of carbonyl (C=O) groups excluding carboxylic acids is 1. The molecule has 5 heteroatoms. The van der Waals surface area contributed by atoms with Crippen LogP contribution in [0.4, 0.5) is 10.1 Å². The van der Waals surface area contributed by atoms with Crippen LogP contribution in [0.3, 0.4) is 0 Å². The van der Waals surface area contributed by atoms with Crippen molar-refractivity contribution in [3.8, 4) is 11.1 Å². The summed E-state index contributed by atoms with van der Waals surface area (Å²) in [6, 6.07) is 15.5. The molecule has 2 aromatic carbocycles. The molecule has 0 unspecified atom stereocenters. The molecule has 1 aromatic heterocycles. The average molecular weight is 323 g/mol. The Balaban J connectivity index is 1.96. The number of anilines is 1. The molecule has 0 saturated heterocycles. The molecule has 3 rings (SSSR count). The molecule has 0 saturated carbocycles. The van der Waals surface area contributed by atoms with Crippen LogP contribution in [-0.4, -0.2) is 15.7 Å². The summed E-state index contributed by atoms with van der Waals surface area (Å²) in [7, 11) is 1.47. The molecular formula is C19H18FN3O. The zero-order chi connectivity index (χ0) is 17.3. The lowest BCUT2D eigenvalue weighted by atomic mass is 10.0. The Morgan fingerprint density at radius 2 is 1.75 bits per heavy atom. The van der Waals surface area contributed by atoms with E-state index in [1.807, 2.05) is 49.4 Å². The van der Waals surface area contributed by atoms with E-state index in [0.29, 0.717) is 11.4 Å². The number of benzene rings is 2. The van der Waals surface area contributed by atoms with Gasteiger partial charge in [-0.1, -0.05) is 48.0 Å². The van der Waals surface area contributed by atoms with Gasteiger partial charge in [-0.25, -0.2) is 4.68 Å². The van der Waals surface area contributed by atoms with Crippen molar-refractivity contribution < 1.29 is 9.18 Å². The van der Waals surface area contributed by atoms with Crippen LogP contribution in [0.2, 0.25) is 0 Å². The Bertz CT molecular complexity index is 897. The maximum atomic E-state index is 14.1. The van der Waals surface area contributed by atoms with Crippen LogP contribution >= 0.6 is 0 Å². The highest BCUT2D eigenvalue weighted by molar-refractivity contribution is 6.07. The largest absolute Gasteiger partial charge is 0.321 e. The highest BCUT2D eigenvalue weighted by Crippen LogP contribution is 2.28. The van der Waals surface area contributed by atoms with Crippen molar-refractivity contribution >= 4 is 11.6 Å². The van der Waals surface area contributed by atoms with Gasteiger partial charge in [0.15, 0.2) is 0 Å². The Morgan fingerprint density at radius 3 is 2.38 bits per heavy atom. The molecule has 0 atom stereocenters. The van der Waals surface area contributed by atoms with E-state index in [0.717, 1.165) is 21.4 Å². The van der Waals surface area contributed by atoms with Gasteiger partial charge < -0.3 is 5.32 Å². The van der Waals surface area contributed by atoms with Gasteiger partial charge in [0.2, 0.25) is 5.95 Å². The van der Waals surface area contributed by atoms with E-state index in [1.54, 1.807) is 13.0 Å². The molecule has 1 N–H and O–H groups in total. The number of aryl methyl sites for hydroxylation is 3. The first kappa shape index (κ1) is 15.9. The molecule has 3 aromatic rings. The molecule has 0 aliphatic rings. The minimum absolute atomic E-state index is 0.0313. The standard InChI is InChI=1S/C19H18FN3O/c1-12-8-10-14(11-9-12)15-6-4-5-7-16(15)21-19(24)17-13(2)22-23(3)18(17)20/h4-11H,1-3H3,(H,21,24). The van der Waals surface area contributed by atoms with E-state index < -0.39 is 11.9 Å². The fraction of sp³-hybridized carbons (Fsp3) is 0.158. The number of carbonyl (C=O) groups is 1. The number of para-hydroxylation sites is 1. The van der Waals surface area contributed by atoms with E-state index in [9.17, 15) is 9.18 Å². The second-order valence-corrected chi connectivity index (χ2v) is 5.74. The molecule has 24 heavy (non-hydrogen) atoms. The molecule has 122 valence electrons. The second-order valence-electron chi connectivity index (χ2n) is 5.74. The molecule has 0 aliphatic heterocycles. The number of rotatable bonds is 3. The summed E-state index contributed by atoms with van der Waals surface area (Å²) < 4.78 is 15.1. The summed E-state index contributed by atoms with van der Waals surface area (Å²) in [5, 5.41) is 6.75. The number of hydrogen-bond acceptors (Lipinski definition) is 2. The first-order chi connectivity index (χ1) is 11.5. The molecule has 1 heterocycles. The highest BCUT2D eigenvalue weighted by Gasteiger charge is 2.21. The molecule has 0 aliphatic carbocycles. The summed E-state index contributed by atoms with van der Waals surface area (Å²) in [4.78, 5) is 12.5.